The van der Waals surface area contributed by atoms with Crippen molar-refractivity contribution in [3.05, 3.63) is 59.7 Å². The van der Waals surface area contributed by atoms with E-state index in [2.05, 4.69) is 0 Å². The van der Waals surface area contributed by atoms with Gasteiger partial charge >= 0.3 is 11.5 Å². The average molecular weight is 324 g/mol. The molecule has 1 aliphatic heterocycles. The Morgan fingerprint density at radius 3 is 2.18 bits per heavy atom. The van der Waals surface area contributed by atoms with Crippen LogP contribution in [0.4, 0.5) is 29.3 Å². The van der Waals surface area contributed by atoms with E-state index < -0.39 is 17.1 Å². The number of benzene rings is 2. The van der Waals surface area contributed by atoms with Gasteiger partial charge in [0, 0.05) is 5.56 Å². The number of rotatable bonds is 0. The highest BCUT2D eigenvalue weighted by Crippen LogP contribution is 2.45. The van der Waals surface area contributed by atoms with E-state index in [9.17, 15) is 18.0 Å². The van der Waals surface area contributed by atoms with Gasteiger partial charge in [0.25, 0.3) is 0 Å². The van der Waals surface area contributed by atoms with Crippen molar-refractivity contribution in [3.63, 3.8) is 0 Å². The highest BCUT2D eigenvalue weighted by atomic mass is 35.5. The van der Waals surface area contributed by atoms with Gasteiger partial charge < -0.3 is 0 Å². The van der Waals surface area contributed by atoms with E-state index in [1.807, 2.05) is 0 Å². The van der Waals surface area contributed by atoms with Gasteiger partial charge in [0.05, 0.1) is 16.9 Å². The lowest BCUT2D eigenvalue weighted by molar-refractivity contribution is -0.0682. The van der Waals surface area contributed by atoms with Crippen LogP contribution >= 0.6 is 11.6 Å². The summed E-state index contributed by atoms with van der Waals surface area (Å²) in [5.41, 5.74) is -0.193. The highest BCUT2D eigenvalue weighted by molar-refractivity contribution is 6.67. The molecule has 0 bridgehead atoms. The molecule has 1 aliphatic rings. The lowest BCUT2D eigenvalue weighted by Gasteiger charge is -2.22. The van der Waals surface area contributed by atoms with Gasteiger partial charge in [-0.05, 0) is 35.4 Å². The summed E-state index contributed by atoms with van der Waals surface area (Å²) in [6, 6.07) is 12.1. The molecule has 1 amide bonds. The van der Waals surface area contributed by atoms with Crippen LogP contribution < -0.4 is 4.90 Å². The molecule has 0 radical (unpaired) electrons. The number of carbonyl (C=O) groups excluding carboxylic acids is 1. The molecule has 0 atom stereocenters. The molecule has 6 heteroatoms. The smallest absolute Gasteiger partial charge is 0.266 e. The summed E-state index contributed by atoms with van der Waals surface area (Å²) in [6.45, 7) is 0. The minimum Gasteiger partial charge on any atom is -0.266 e. The van der Waals surface area contributed by atoms with E-state index >= 15 is 0 Å². The number of anilines is 2. The van der Waals surface area contributed by atoms with Crippen molar-refractivity contribution < 1.29 is 18.0 Å². The third kappa shape index (κ3) is 2.37. The van der Waals surface area contributed by atoms with E-state index in [0.717, 1.165) is 11.0 Å². The van der Waals surface area contributed by atoms with E-state index in [1.165, 1.54) is 24.3 Å². The second-order valence-electron chi connectivity index (χ2n) is 4.72. The third-order valence-corrected chi connectivity index (χ3v) is 3.56. The topological polar surface area (TPSA) is 20.3 Å². The lowest BCUT2D eigenvalue weighted by Crippen LogP contribution is -2.21. The van der Waals surface area contributed by atoms with Crippen LogP contribution in [0.1, 0.15) is 11.1 Å². The van der Waals surface area contributed by atoms with Gasteiger partial charge in [0.15, 0.2) is 0 Å². The highest BCUT2D eigenvalue weighted by Gasteiger charge is 2.38. The van der Waals surface area contributed by atoms with Crippen molar-refractivity contribution in [2.75, 3.05) is 4.90 Å². The molecule has 0 aliphatic carbocycles. The Bertz CT molecular complexity index is 783. The van der Waals surface area contributed by atoms with Crippen LogP contribution in [-0.4, -0.2) is 11.5 Å². The Morgan fingerprint density at radius 1 is 0.955 bits per heavy atom. The third-order valence-electron chi connectivity index (χ3n) is 3.39. The van der Waals surface area contributed by atoms with E-state index in [4.69, 9.17) is 11.6 Å². The van der Waals surface area contributed by atoms with E-state index in [1.54, 1.807) is 24.3 Å². The van der Waals surface area contributed by atoms with Gasteiger partial charge in [-0.25, -0.2) is 0 Å². The Kier molecular flexibility index (Phi) is 3.45. The normalized spacial score (nSPS) is 13.8. The summed E-state index contributed by atoms with van der Waals surface area (Å²) in [7, 11) is 0. The number of hydrogen-bond donors (Lipinski definition) is 0. The minimum atomic E-state index is -4.55. The molecule has 22 heavy (non-hydrogen) atoms. The largest absolute Gasteiger partial charge is 0.417 e. The lowest BCUT2D eigenvalue weighted by atomic mass is 10.0. The van der Waals surface area contributed by atoms with Crippen molar-refractivity contribution in [1.29, 1.82) is 0 Å². The maximum Gasteiger partial charge on any atom is 0.417 e. The minimum absolute atomic E-state index is 0.0831. The van der Waals surface area contributed by atoms with Crippen molar-refractivity contribution in [2.24, 2.45) is 0 Å². The number of amides is 1. The fourth-order valence-corrected chi connectivity index (χ4v) is 2.68. The van der Waals surface area contributed by atoms with Crippen LogP contribution in [-0.2, 0) is 0 Å². The molecule has 2 nitrogen and oxygen atoms in total. The van der Waals surface area contributed by atoms with Gasteiger partial charge in [-0.3, -0.25) is 9.69 Å². The summed E-state index contributed by atoms with van der Waals surface area (Å²) in [5.74, 6) is 0. The Hall–Kier alpha value is -2.27. The molecule has 1 heterocycles. The molecular formula is C16H9ClF3NO. The van der Waals surface area contributed by atoms with Crippen molar-refractivity contribution in [3.8, 4) is 0 Å². The van der Waals surface area contributed by atoms with Crippen molar-refractivity contribution in [2.45, 2.75) is 6.18 Å². The van der Waals surface area contributed by atoms with Gasteiger partial charge in [-0.15, -0.1) is 0 Å². The van der Waals surface area contributed by atoms with Gasteiger partial charge in [0.2, 0.25) is 0 Å². The monoisotopic (exact) mass is 323 g/mol. The molecule has 0 aromatic heterocycles. The fraction of sp³-hybridized carbons (Fsp3) is 0.0625. The predicted octanol–water partition coefficient (Wildman–Crippen LogP) is 5.60. The quantitative estimate of drug-likeness (QED) is 0.456. The summed E-state index contributed by atoms with van der Waals surface area (Å²) in [4.78, 5) is 12.9. The number of para-hydroxylation sites is 2. The number of hydrogen-bond acceptors (Lipinski definition) is 1. The molecule has 2 aromatic carbocycles. The number of allylic oxidation sites excluding steroid dienone is 1. The maximum absolute atomic E-state index is 13.4. The van der Waals surface area contributed by atoms with Crippen molar-refractivity contribution in [1.82, 2.24) is 0 Å². The Balaban J connectivity index is 2.39. The summed E-state index contributed by atoms with van der Waals surface area (Å²) in [5, 5.41) is -0.864. The molecule has 0 saturated carbocycles. The first-order valence-electron chi connectivity index (χ1n) is 6.36. The molecular weight excluding hydrogens is 315 g/mol. The Labute approximate surface area is 129 Å². The second kappa shape index (κ2) is 5.18. The number of alkyl halides is 3. The molecule has 0 N–H and O–H groups in total. The van der Waals surface area contributed by atoms with E-state index in [-0.39, 0.29) is 16.8 Å². The Morgan fingerprint density at radius 2 is 1.55 bits per heavy atom. The predicted molar refractivity (Wildman–Crippen MR) is 80.2 cm³/mol. The molecule has 0 saturated heterocycles. The molecule has 0 fully saturated rings. The standard InChI is InChI=1S/C16H9ClF3NO/c17-15(22)21-13-7-3-1-5-10(13)9-12(16(18,19)20)11-6-2-4-8-14(11)21/h1-9H. The van der Waals surface area contributed by atoms with Gasteiger partial charge in [-0.1, -0.05) is 36.4 Å². The fourth-order valence-electron chi connectivity index (χ4n) is 2.50. The summed E-state index contributed by atoms with van der Waals surface area (Å²) < 4.78 is 40.3. The molecule has 3 rings (SSSR count). The summed E-state index contributed by atoms with van der Waals surface area (Å²) in [6.07, 6.45) is -3.51. The zero-order valence-electron chi connectivity index (χ0n) is 11.1. The number of nitrogens with zero attached hydrogens (tertiary/aromatic N) is 1. The number of carbonyl (C=O) groups is 1. The zero-order valence-corrected chi connectivity index (χ0v) is 11.8. The second-order valence-corrected chi connectivity index (χ2v) is 5.04. The van der Waals surface area contributed by atoms with Crippen molar-refractivity contribution >= 4 is 40.0 Å². The molecule has 112 valence electrons. The van der Waals surface area contributed by atoms with Crippen LogP contribution in [0.15, 0.2) is 48.5 Å². The molecule has 0 unspecified atom stereocenters. The van der Waals surface area contributed by atoms with Crippen LogP contribution in [0, 0.1) is 0 Å². The van der Waals surface area contributed by atoms with Crippen LogP contribution in [0.3, 0.4) is 0 Å². The zero-order chi connectivity index (χ0) is 15.9. The first-order valence-corrected chi connectivity index (χ1v) is 6.74. The molecule has 0 spiro atoms. The number of halogens is 4. The van der Waals surface area contributed by atoms with Crippen LogP contribution in [0.2, 0.25) is 0 Å². The van der Waals surface area contributed by atoms with Crippen LogP contribution in [0.5, 0.6) is 0 Å². The van der Waals surface area contributed by atoms with Gasteiger partial charge in [0.1, 0.15) is 0 Å². The summed E-state index contributed by atoms with van der Waals surface area (Å²) >= 11 is 5.63. The van der Waals surface area contributed by atoms with E-state index in [0.29, 0.717) is 5.69 Å². The average Bonchev–Trinajstić information content (AvgIpc) is 2.60. The van der Waals surface area contributed by atoms with Crippen LogP contribution in [0.25, 0.3) is 11.6 Å². The van der Waals surface area contributed by atoms with Gasteiger partial charge in [-0.2, -0.15) is 13.2 Å². The first-order chi connectivity index (χ1) is 10.4. The first kappa shape index (κ1) is 14.7. The number of fused-ring (bicyclic) bond motifs is 2. The maximum atomic E-state index is 13.4. The SMILES string of the molecule is O=C(Cl)N1c2ccccc2C=C(C(F)(F)F)c2ccccc21. The molecule has 2 aromatic rings.